The highest BCUT2D eigenvalue weighted by Crippen LogP contribution is 2.35. The smallest absolute Gasteiger partial charge is 0.0854 e. The van der Waals surface area contributed by atoms with E-state index in [2.05, 4.69) is 46.2 Å². The summed E-state index contributed by atoms with van der Waals surface area (Å²) in [6.07, 6.45) is 4.43. The SMILES string of the molecule is C=C(O)CC/C(N)=C1\C(C)=C(C(=C)C)CCC1NCC(C)CC. The summed E-state index contributed by atoms with van der Waals surface area (Å²) in [5.74, 6) is 0.844. The molecule has 0 saturated carbocycles. The average Bonchev–Trinajstić information content (AvgIpc) is 2.49. The van der Waals surface area contributed by atoms with Crippen molar-refractivity contribution < 1.29 is 5.11 Å². The molecule has 23 heavy (non-hydrogen) atoms. The molecule has 1 aliphatic rings. The van der Waals surface area contributed by atoms with Crippen LogP contribution in [0.3, 0.4) is 0 Å². The molecule has 0 aromatic rings. The van der Waals surface area contributed by atoms with Gasteiger partial charge < -0.3 is 16.2 Å². The number of nitrogens with two attached hydrogens (primary N) is 1. The lowest BCUT2D eigenvalue weighted by Gasteiger charge is -2.32. The molecule has 0 aromatic carbocycles. The minimum atomic E-state index is 0.190. The minimum Gasteiger partial charge on any atom is -0.513 e. The Morgan fingerprint density at radius 1 is 1.39 bits per heavy atom. The van der Waals surface area contributed by atoms with Crippen LogP contribution in [0.15, 0.2) is 46.9 Å². The predicted octanol–water partition coefficient (Wildman–Crippen LogP) is 4.74. The number of rotatable bonds is 8. The van der Waals surface area contributed by atoms with Gasteiger partial charge in [-0.1, -0.05) is 39.0 Å². The van der Waals surface area contributed by atoms with E-state index < -0.39 is 0 Å². The van der Waals surface area contributed by atoms with Gasteiger partial charge in [-0.15, -0.1) is 0 Å². The predicted molar refractivity (Wildman–Crippen MR) is 100 cm³/mol. The maximum absolute atomic E-state index is 9.37. The summed E-state index contributed by atoms with van der Waals surface area (Å²) in [4.78, 5) is 0. The molecular formula is C20H34N2O. The van der Waals surface area contributed by atoms with Crippen LogP contribution in [0, 0.1) is 5.92 Å². The summed E-state index contributed by atoms with van der Waals surface area (Å²) in [6.45, 7) is 17.4. The molecule has 4 N–H and O–H groups in total. The first kappa shape index (κ1) is 19.6. The molecular weight excluding hydrogens is 284 g/mol. The lowest BCUT2D eigenvalue weighted by Crippen LogP contribution is -2.38. The summed E-state index contributed by atoms with van der Waals surface area (Å²) in [5.41, 5.74) is 12.2. The van der Waals surface area contributed by atoms with E-state index in [0.717, 1.165) is 30.7 Å². The van der Waals surface area contributed by atoms with Crippen LogP contribution in [0.1, 0.15) is 59.8 Å². The quantitative estimate of drug-likeness (QED) is 0.566. The fraction of sp³-hybridized carbons (Fsp3) is 0.600. The number of hydrogen-bond donors (Lipinski definition) is 3. The topological polar surface area (TPSA) is 58.3 Å². The first-order chi connectivity index (χ1) is 10.8. The van der Waals surface area contributed by atoms with Crippen LogP contribution in [0.25, 0.3) is 0 Å². The molecule has 0 aliphatic heterocycles. The van der Waals surface area contributed by atoms with Gasteiger partial charge in [-0.2, -0.15) is 0 Å². The molecule has 3 heteroatoms. The third-order valence-electron chi connectivity index (χ3n) is 4.84. The van der Waals surface area contributed by atoms with E-state index in [0.29, 0.717) is 24.8 Å². The van der Waals surface area contributed by atoms with Gasteiger partial charge in [0.25, 0.3) is 0 Å². The van der Waals surface area contributed by atoms with Crippen LogP contribution in [0.2, 0.25) is 0 Å². The van der Waals surface area contributed by atoms with Gasteiger partial charge in [0.05, 0.1) is 5.76 Å². The van der Waals surface area contributed by atoms with E-state index in [-0.39, 0.29) is 5.76 Å². The lowest BCUT2D eigenvalue weighted by molar-refractivity contribution is 0.390. The Morgan fingerprint density at radius 3 is 2.57 bits per heavy atom. The van der Waals surface area contributed by atoms with Crippen molar-refractivity contribution in [3.63, 3.8) is 0 Å². The van der Waals surface area contributed by atoms with E-state index in [1.807, 2.05) is 0 Å². The van der Waals surface area contributed by atoms with Gasteiger partial charge in [0.1, 0.15) is 0 Å². The Bertz CT molecular complexity index is 514. The van der Waals surface area contributed by atoms with Gasteiger partial charge in [0, 0.05) is 18.2 Å². The van der Waals surface area contributed by atoms with Crippen molar-refractivity contribution in [2.45, 2.75) is 65.8 Å². The molecule has 0 spiro atoms. The number of nitrogens with one attached hydrogen (secondary N) is 1. The van der Waals surface area contributed by atoms with Crippen LogP contribution < -0.4 is 11.1 Å². The van der Waals surface area contributed by atoms with Gasteiger partial charge in [-0.25, -0.2) is 0 Å². The molecule has 0 amide bonds. The normalized spacial score (nSPS) is 22.0. The second-order valence-corrected chi connectivity index (χ2v) is 6.90. The van der Waals surface area contributed by atoms with Gasteiger partial charge >= 0.3 is 0 Å². The zero-order valence-electron chi connectivity index (χ0n) is 15.3. The summed E-state index contributed by atoms with van der Waals surface area (Å²) in [6, 6.07) is 0.291. The van der Waals surface area contributed by atoms with Crippen molar-refractivity contribution in [1.82, 2.24) is 5.32 Å². The monoisotopic (exact) mass is 318 g/mol. The zero-order valence-corrected chi connectivity index (χ0v) is 15.3. The molecule has 0 heterocycles. The third-order valence-corrected chi connectivity index (χ3v) is 4.84. The first-order valence-electron chi connectivity index (χ1n) is 8.72. The fourth-order valence-electron chi connectivity index (χ4n) is 3.15. The number of aliphatic hydroxyl groups excluding tert-OH is 1. The average molecular weight is 319 g/mol. The molecule has 0 bridgehead atoms. The van der Waals surface area contributed by atoms with Crippen molar-refractivity contribution in [3.05, 3.63) is 46.9 Å². The van der Waals surface area contributed by atoms with E-state index in [4.69, 9.17) is 5.73 Å². The van der Waals surface area contributed by atoms with Crippen molar-refractivity contribution in [1.29, 1.82) is 0 Å². The Morgan fingerprint density at radius 2 is 2.04 bits per heavy atom. The van der Waals surface area contributed by atoms with E-state index >= 15 is 0 Å². The molecule has 1 rings (SSSR count). The van der Waals surface area contributed by atoms with E-state index in [1.54, 1.807) is 0 Å². The Hall–Kier alpha value is -1.48. The van der Waals surface area contributed by atoms with Crippen molar-refractivity contribution in [2.75, 3.05) is 6.54 Å². The van der Waals surface area contributed by atoms with Crippen LogP contribution in [0.5, 0.6) is 0 Å². The van der Waals surface area contributed by atoms with Crippen molar-refractivity contribution in [3.8, 4) is 0 Å². The van der Waals surface area contributed by atoms with Crippen molar-refractivity contribution >= 4 is 0 Å². The van der Waals surface area contributed by atoms with Crippen LogP contribution in [-0.2, 0) is 0 Å². The Labute approximate surface area is 142 Å². The molecule has 2 unspecified atom stereocenters. The molecule has 2 atom stereocenters. The van der Waals surface area contributed by atoms with Gasteiger partial charge in [0.15, 0.2) is 0 Å². The van der Waals surface area contributed by atoms with E-state index in [1.165, 1.54) is 23.1 Å². The second-order valence-electron chi connectivity index (χ2n) is 6.90. The van der Waals surface area contributed by atoms with Crippen molar-refractivity contribution in [2.24, 2.45) is 11.7 Å². The van der Waals surface area contributed by atoms with Crippen LogP contribution in [0.4, 0.5) is 0 Å². The highest BCUT2D eigenvalue weighted by Gasteiger charge is 2.26. The highest BCUT2D eigenvalue weighted by atomic mass is 16.3. The Kier molecular flexibility index (Phi) is 7.63. The third kappa shape index (κ3) is 5.58. The molecule has 0 radical (unpaired) electrons. The molecule has 0 saturated heterocycles. The standard InChI is InChI=1S/C20H34N2O/c1-7-14(4)12-22-19-11-9-17(13(2)3)16(6)20(19)18(21)10-8-15(5)23/h14,19,22-23H,2,5,7-12,21H2,1,3-4,6H3/b20-18-. The van der Waals surface area contributed by atoms with Crippen LogP contribution >= 0.6 is 0 Å². The van der Waals surface area contributed by atoms with Gasteiger partial charge in [-0.3, -0.25) is 0 Å². The Balaban J connectivity index is 3.08. The summed E-state index contributed by atoms with van der Waals surface area (Å²) >= 11 is 0. The highest BCUT2D eigenvalue weighted by molar-refractivity contribution is 5.49. The maximum atomic E-state index is 9.37. The fourth-order valence-corrected chi connectivity index (χ4v) is 3.15. The summed E-state index contributed by atoms with van der Waals surface area (Å²) in [7, 11) is 0. The van der Waals surface area contributed by atoms with Gasteiger partial charge in [0.2, 0.25) is 0 Å². The molecule has 0 aromatic heterocycles. The first-order valence-corrected chi connectivity index (χ1v) is 8.72. The van der Waals surface area contributed by atoms with E-state index in [9.17, 15) is 5.11 Å². The summed E-state index contributed by atoms with van der Waals surface area (Å²) < 4.78 is 0. The maximum Gasteiger partial charge on any atom is 0.0854 e. The second kappa shape index (κ2) is 8.97. The molecule has 130 valence electrons. The zero-order chi connectivity index (χ0) is 17.6. The van der Waals surface area contributed by atoms with Gasteiger partial charge in [-0.05, 0) is 62.3 Å². The molecule has 1 aliphatic carbocycles. The minimum absolute atomic E-state index is 0.190. The summed E-state index contributed by atoms with van der Waals surface area (Å²) in [5, 5.41) is 13.1. The molecule has 3 nitrogen and oxygen atoms in total. The lowest BCUT2D eigenvalue weighted by atomic mass is 9.80. The molecule has 0 fully saturated rings. The number of allylic oxidation sites excluding steroid dienone is 4. The largest absolute Gasteiger partial charge is 0.513 e. The number of hydrogen-bond acceptors (Lipinski definition) is 3. The number of aliphatic hydroxyl groups is 1. The van der Waals surface area contributed by atoms with Crippen LogP contribution in [-0.4, -0.2) is 17.7 Å².